The molecule has 84 valence electrons. The minimum absolute atomic E-state index is 0.0398. The summed E-state index contributed by atoms with van der Waals surface area (Å²) in [5, 5.41) is 1.92. The van der Waals surface area contributed by atoms with E-state index in [9.17, 15) is 0 Å². The number of aromatic nitrogens is 3. The number of anilines is 1. The van der Waals surface area contributed by atoms with Crippen molar-refractivity contribution in [1.29, 1.82) is 0 Å². The van der Waals surface area contributed by atoms with Gasteiger partial charge in [0.25, 0.3) is 0 Å². The molecule has 0 aliphatic heterocycles. The molecule has 0 aliphatic carbocycles. The SMILES string of the molecule is CC(C)(C)c1cc(N)nc(-c2cscn2)n1. The summed E-state index contributed by atoms with van der Waals surface area (Å²) in [5.41, 5.74) is 9.22. The molecule has 4 nitrogen and oxygen atoms in total. The fourth-order valence-electron chi connectivity index (χ4n) is 1.29. The molecule has 0 saturated carbocycles. The van der Waals surface area contributed by atoms with Crippen LogP contribution in [0.4, 0.5) is 5.82 Å². The predicted molar refractivity (Wildman–Crippen MR) is 66.3 cm³/mol. The second-order valence-corrected chi connectivity index (χ2v) is 5.34. The van der Waals surface area contributed by atoms with Gasteiger partial charge in [-0.2, -0.15) is 0 Å². The van der Waals surface area contributed by atoms with Crippen molar-refractivity contribution >= 4 is 17.2 Å². The summed E-state index contributed by atoms with van der Waals surface area (Å²) < 4.78 is 0. The molecule has 0 saturated heterocycles. The molecule has 2 aromatic heterocycles. The first-order valence-corrected chi connectivity index (χ1v) is 5.95. The third kappa shape index (κ3) is 2.19. The Morgan fingerprint density at radius 2 is 2.00 bits per heavy atom. The van der Waals surface area contributed by atoms with Crippen molar-refractivity contribution in [3.05, 3.63) is 22.7 Å². The average molecular weight is 234 g/mol. The fourth-order valence-corrected chi connectivity index (χ4v) is 1.82. The molecule has 0 aromatic carbocycles. The summed E-state index contributed by atoms with van der Waals surface area (Å²) in [7, 11) is 0. The van der Waals surface area contributed by atoms with E-state index >= 15 is 0 Å². The zero-order valence-electron chi connectivity index (χ0n) is 9.56. The van der Waals surface area contributed by atoms with Crippen molar-refractivity contribution < 1.29 is 0 Å². The van der Waals surface area contributed by atoms with Crippen LogP contribution in [0.1, 0.15) is 26.5 Å². The lowest BCUT2D eigenvalue weighted by molar-refractivity contribution is 0.568. The summed E-state index contributed by atoms with van der Waals surface area (Å²) >= 11 is 1.52. The summed E-state index contributed by atoms with van der Waals surface area (Å²) in [6, 6.07) is 1.82. The second kappa shape index (κ2) is 3.83. The van der Waals surface area contributed by atoms with E-state index in [1.165, 1.54) is 11.3 Å². The van der Waals surface area contributed by atoms with E-state index in [2.05, 4.69) is 35.7 Å². The Balaban J connectivity index is 2.53. The van der Waals surface area contributed by atoms with Gasteiger partial charge in [-0.1, -0.05) is 20.8 Å². The van der Waals surface area contributed by atoms with Gasteiger partial charge < -0.3 is 5.73 Å². The van der Waals surface area contributed by atoms with Crippen LogP contribution in [-0.4, -0.2) is 15.0 Å². The molecule has 0 amide bonds. The number of hydrogen-bond acceptors (Lipinski definition) is 5. The molecule has 2 rings (SSSR count). The Morgan fingerprint density at radius 3 is 2.56 bits per heavy atom. The van der Waals surface area contributed by atoms with Crippen LogP contribution < -0.4 is 5.73 Å². The maximum absolute atomic E-state index is 5.79. The third-order valence-corrected chi connectivity index (χ3v) is 2.76. The Bertz CT molecular complexity index is 485. The molecule has 0 radical (unpaired) electrons. The molecular weight excluding hydrogens is 220 g/mol. The van der Waals surface area contributed by atoms with E-state index in [-0.39, 0.29) is 5.41 Å². The number of rotatable bonds is 1. The Morgan fingerprint density at radius 1 is 1.25 bits per heavy atom. The first-order valence-electron chi connectivity index (χ1n) is 5.00. The van der Waals surface area contributed by atoms with E-state index in [0.717, 1.165) is 11.4 Å². The smallest absolute Gasteiger partial charge is 0.181 e. The largest absolute Gasteiger partial charge is 0.384 e. The van der Waals surface area contributed by atoms with Crippen LogP contribution in [0.3, 0.4) is 0 Å². The van der Waals surface area contributed by atoms with Crippen molar-refractivity contribution in [2.45, 2.75) is 26.2 Å². The maximum Gasteiger partial charge on any atom is 0.181 e. The van der Waals surface area contributed by atoms with Gasteiger partial charge >= 0.3 is 0 Å². The van der Waals surface area contributed by atoms with Crippen LogP contribution in [0.2, 0.25) is 0 Å². The molecule has 0 spiro atoms. The average Bonchev–Trinajstić information content (AvgIpc) is 2.68. The first-order chi connectivity index (χ1) is 7.47. The maximum atomic E-state index is 5.79. The van der Waals surface area contributed by atoms with Crippen LogP contribution >= 0.6 is 11.3 Å². The number of hydrogen-bond donors (Lipinski definition) is 1. The molecule has 2 N–H and O–H groups in total. The lowest BCUT2D eigenvalue weighted by atomic mass is 9.92. The number of nitrogens with two attached hydrogens (primary N) is 1. The highest BCUT2D eigenvalue weighted by Crippen LogP contribution is 2.24. The highest BCUT2D eigenvalue weighted by atomic mass is 32.1. The third-order valence-electron chi connectivity index (χ3n) is 2.18. The van der Waals surface area contributed by atoms with E-state index < -0.39 is 0 Å². The Labute approximate surface area is 98.6 Å². The van der Waals surface area contributed by atoms with Crippen molar-refractivity contribution in [1.82, 2.24) is 15.0 Å². The summed E-state index contributed by atoms with van der Waals surface area (Å²) in [5.74, 6) is 1.09. The van der Waals surface area contributed by atoms with Gasteiger partial charge in [0, 0.05) is 16.9 Å². The summed E-state index contributed by atoms with van der Waals surface area (Å²) in [4.78, 5) is 12.9. The van der Waals surface area contributed by atoms with E-state index in [1.807, 2.05) is 11.4 Å². The van der Waals surface area contributed by atoms with E-state index in [1.54, 1.807) is 5.51 Å². The summed E-state index contributed by atoms with van der Waals surface area (Å²) in [6.07, 6.45) is 0. The molecule has 0 aliphatic rings. The quantitative estimate of drug-likeness (QED) is 0.823. The van der Waals surface area contributed by atoms with E-state index in [4.69, 9.17) is 5.73 Å². The van der Waals surface area contributed by atoms with Gasteiger partial charge in [0.2, 0.25) is 0 Å². The first kappa shape index (κ1) is 11.0. The van der Waals surface area contributed by atoms with Gasteiger partial charge in [0.1, 0.15) is 11.5 Å². The van der Waals surface area contributed by atoms with Crippen molar-refractivity contribution in [3.63, 3.8) is 0 Å². The zero-order chi connectivity index (χ0) is 11.8. The van der Waals surface area contributed by atoms with Gasteiger partial charge in [0.05, 0.1) is 11.2 Å². The second-order valence-electron chi connectivity index (χ2n) is 4.63. The lowest BCUT2D eigenvalue weighted by Gasteiger charge is -2.18. The molecule has 2 heterocycles. The molecule has 0 unspecified atom stereocenters. The van der Waals surface area contributed by atoms with Gasteiger partial charge in [-0.25, -0.2) is 15.0 Å². The number of thiazole rings is 1. The molecule has 5 heteroatoms. The standard InChI is InChI=1S/C11H14N4S/c1-11(2,3)8-4-9(12)15-10(14-8)7-5-16-6-13-7/h4-6H,1-3H3,(H2,12,14,15). The minimum atomic E-state index is -0.0398. The molecule has 0 atom stereocenters. The van der Waals surface area contributed by atoms with Gasteiger partial charge in [-0.15, -0.1) is 11.3 Å². The highest BCUT2D eigenvalue weighted by Gasteiger charge is 2.18. The molecule has 2 aromatic rings. The molecule has 0 bridgehead atoms. The van der Waals surface area contributed by atoms with Crippen LogP contribution in [0.25, 0.3) is 11.5 Å². The molecule has 0 fully saturated rings. The van der Waals surface area contributed by atoms with Crippen molar-refractivity contribution in [2.24, 2.45) is 0 Å². The highest BCUT2D eigenvalue weighted by molar-refractivity contribution is 7.07. The van der Waals surface area contributed by atoms with Crippen LogP contribution in [0.15, 0.2) is 17.0 Å². The van der Waals surface area contributed by atoms with Gasteiger partial charge in [0.15, 0.2) is 5.82 Å². The molecule has 16 heavy (non-hydrogen) atoms. The zero-order valence-corrected chi connectivity index (χ0v) is 10.4. The normalized spacial score (nSPS) is 11.7. The Kier molecular flexibility index (Phi) is 2.63. The topological polar surface area (TPSA) is 64.7 Å². The van der Waals surface area contributed by atoms with Gasteiger partial charge in [-0.05, 0) is 0 Å². The van der Waals surface area contributed by atoms with Crippen LogP contribution in [-0.2, 0) is 5.41 Å². The predicted octanol–water partition coefficient (Wildman–Crippen LogP) is 2.48. The van der Waals surface area contributed by atoms with Crippen LogP contribution in [0.5, 0.6) is 0 Å². The lowest BCUT2D eigenvalue weighted by Crippen LogP contribution is -2.15. The van der Waals surface area contributed by atoms with Crippen molar-refractivity contribution in [2.75, 3.05) is 5.73 Å². The van der Waals surface area contributed by atoms with Crippen molar-refractivity contribution in [3.8, 4) is 11.5 Å². The molecular formula is C11H14N4S. The fraction of sp³-hybridized carbons (Fsp3) is 0.364. The van der Waals surface area contributed by atoms with Gasteiger partial charge in [-0.3, -0.25) is 0 Å². The minimum Gasteiger partial charge on any atom is -0.384 e. The number of nitrogen functional groups attached to an aromatic ring is 1. The Hall–Kier alpha value is -1.49. The monoisotopic (exact) mass is 234 g/mol. The summed E-state index contributed by atoms with van der Waals surface area (Å²) in [6.45, 7) is 6.29. The number of nitrogens with zero attached hydrogens (tertiary/aromatic N) is 3. The van der Waals surface area contributed by atoms with E-state index in [0.29, 0.717) is 11.6 Å². The van der Waals surface area contributed by atoms with Crippen LogP contribution in [0, 0.1) is 0 Å².